The summed E-state index contributed by atoms with van der Waals surface area (Å²) >= 11 is 0. The molecule has 2 nitrogen and oxygen atoms in total. The summed E-state index contributed by atoms with van der Waals surface area (Å²) in [5, 5.41) is 9.05. The van der Waals surface area contributed by atoms with Gasteiger partial charge < -0.3 is 5.32 Å². The van der Waals surface area contributed by atoms with Crippen LogP contribution in [-0.2, 0) is 5.54 Å². The highest BCUT2D eigenvalue weighted by Crippen LogP contribution is 2.41. The summed E-state index contributed by atoms with van der Waals surface area (Å²) in [6.45, 7) is 0. The van der Waals surface area contributed by atoms with Gasteiger partial charge in [0.05, 0.1) is 0 Å². The van der Waals surface area contributed by atoms with Crippen molar-refractivity contribution in [2.75, 3.05) is 19.4 Å². The maximum atomic E-state index is 3.83. The Morgan fingerprint density at radius 1 is 0.710 bits per heavy atom. The van der Waals surface area contributed by atoms with Gasteiger partial charge in [0.1, 0.15) is 0 Å². The first kappa shape index (κ1) is 21.7. The van der Waals surface area contributed by atoms with Crippen molar-refractivity contribution in [3.05, 3.63) is 90.5 Å². The molecule has 31 heavy (non-hydrogen) atoms. The molecule has 0 unspecified atom stereocenters. The number of hydrogen-bond acceptors (Lipinski definition) is 2. The van der Waals surface area contributed by atoms with Gasteiger partial charge in [0, 0.05) is 17.3 Å². The van der Waals surface area contributed by atoms with Crippen LogP contribution in [0.4, 0.5) is 5.69 Å². The van der Waals surface area contributed by atoms with Crippen LogP contribution in [-0.4, -0.2) is 25.0 Å². The van der Waals surface area contributed by atoms with Gasteiger partial charge in [0.2, 0.25) is 0 Å². The molecule has 0 bridgehead atoms. The molecule has 4 aromatic rings. The monoisotopic (exact) mass is 430 g/mol. The van der Waals surface area contributed by atoms with Gasteiger partial charge in [-0.25, -0.2) is 0 Å². The Labute approximate surface area is 191 Å². The second-order valence-corrected chi connectivity index (χ2v) is 8.97. The molecule has 0 heterocycles. The molecular weight excluding hydrogens is 400 g/mol. The van der Waals surface area contributed by atoms with Gasteiger partial charge in [-0.15, -0.1) is 12.4 Å². The summed E-state index contributed by atoms with van der Waals surface area (Å²) in [5.74, 6) is 0. The average Bonchev–Trinajstić information content (AvgIpc) is 2.79. The van der Waals surface area contributed by atoms with Crippen molar-refractivity contribution in [1.29, 1.82) is 0 Å². The van der Waals surface area contributed by atoms with E-state index in [2.05, 4.69) is 109 Å². The molecule has 0 spiro atoms. The lowest BCUT2D eigenvalue weighted by molar-refractivity contribution is 0.0945. The third kappa shape index (κ3) is 4.15. The van der Waals surface area contributed by atoms with Crippen molar-refractivity contribution in [3.63, 3.8) is 0 Å². The van der Waals surface area contributed by atoms with E-state index in [4.69, 9.17) is 0 Å². The standard InChI is InChI=1S/C28H30N2.ClH/c1-30(2)28(25-10-4-3-5-11-25)16-14-26(15-17-28)29-27-13-12-23-18-21-8-6-7-9-22(21)19-24(23)20-27;/h3-13,18-20,26,29H,14-17H2,1-2H3;1H. The molecule has 3 heteroatoms. The Balaban J connectivity index is 0.00000231. The average molecular weight is 431 g/mol. The van der Waals surface area contributed by atoms with Crippen molar-refractivity contribution in [1.82, 2.24) is 4.90 Å². The predicted molar refractivity (Wildman–Crippen MR) is 136 cm³/mol. The molecule has 0 radical (unpaired) electrons. The molecule has 1 fully saturated rings. The van der Waals surface area contributed by atoms with Crippen molar-refractivity contribution >= 4 is 39.6 Å². The maximum Gasteiger partial charge on any atom is 0.0456 e. The normalized spacial score (nSPS) is 21.2. The number of benzene rings is 4. The van der Waals surface area contributed by atoms with Crippen LogP contribution >= 0.6 is 12.4 Å². The summed E-state index contributed by atoms with van der Waals surface area (Å²) in [6, 6.07) is 31.6. The maximum absolute atomic E-state index is 3.83. The molecule has 4 aromatic carbocycles. The Morgan fingerprint density at radius 2 is 1.29 bits per heavy atom. The first-order chi connectivity index (χ1) is 14.6. The van der Waals surface area contributed by atoms with Gasteiger partial charge in [-0.3, -0.25) is 4.90 Å². The van der Waals surface area contributed by atoms with E-state index in [1.165, 1.54) is 58.5 Å². The minimum Gasteiger partial charge on any atom is -0.382 e. The van der Waals surface area contributed by atoms with Gasteiger partial charge in [-0.05, 0) is 91.2 Å². The minimum atomic E-state index is 0. The van der Waals surface area contributed by atoms with Gasteiger partial charge in [0.25, 0.3) is 0 Å². The zero-order chi connectivity index (χ0) is 20.6. The summed E-state index contributed by atoms with van der Waals surface area (Å²) in [7, 11) is 4.46. The minimum absolute atomic E-state index is 0. The van der Waals surface area contributed by atoms with E-state index < -0.39 is 0 Å². The number of halogens is 1. The van der Waals surface area contributed by atoms with E-state index in [1.807, 2.05) is 0 Å². The predicted octanol–water partition coefficient (Wildman–Crippen LogP) is 7.23. The fraction of sp³-hybridized carbons (Fsp3) is 0.286. The number of rotatable bonds is 4. The number of hydrogen-bond donors (Lipinski definition) is 1. The van der Waals surface area contributed by atoms with Gasteiger partial charge in [-0.2, -0.15) is 0 Å². The second-order valence-electron chi connectivity index (χ2n) is 8.97. The van der Waals surface area contributed by atoms with Gasteiger partial charge in [-0.1, -0.05) is 60.7 Å². The number of anilines is 1. The third-order valence-electron chi connectivity index (χ3n) is 7.06. The van der Waals surface area contributed by atoms with E-state index in [9.17, 15) is 0 Å². The fourth-order valence-electron chi connectivity index (χ4n) is 5.25. The van der Waals surface area contributed by atoms with Crippen LogP contribution in [0.15, 0.2) is 84.9 Å². The summed E-state index contributed by atoms with van der Waals surface area (Å²) in [5.41, 5.74) is 2.84. The van der Waals surface area contributed by atoms with Crippen LogP contribution in [0.3, 0.4) is 0 Å². The van der Waals surface area contributed by atoms with Gasteiger partial charge >= 0.3 is 0 Å². The highest BCUT2D eigenvalue weighted by atomic mass is 35.5. The van der Waals surface area contributed by atoms with Crippen LogP contribution in [0.5, 0.6) is 0 Å². The highest BCUT2D eigenvalue weighted by Gasteiger charge is 2.38. The Morgan fingerprint density at radius 3 is 1.94 bits per heavy atom. The lowest BCUT2D eigenvalue weighted by atomic mass is 9.74. The quantitative estimate of drug-likeness (QED) is 0.343. The van der Waals surface area contributed by atoms with Crippen molar-refractivity contribution < 1.29 is 0 Å². The van der Waals surface area contributed by atoms with Gasteiger partial charge in [0.15, 0.2) is 0 Å². The number of fused-ring (bicyclic) bond motifs is 2. The fourth-order valence-corrected chi connectivity index (χ4v) is 5.25. The van der Waals surface area contributed by atoms with Crippen LogP contribution in [0.2, 0.25) is 0 Å². The van der Waals surface area contributed by atoms with Crippen molar-refractivity contribution in [2.45, 2.75) is 37.3 Å². The molecular formula is C28H31ClN2. The number of nitrogens with one attached hydrogen (secondary N) is 1. The van der Waals surface area contributed by atoms with Crippen molar-refractivity contribution in [2.24, 2.45) is 0 Å². The van der Waals surface area contributed by atoms with Crippen molar-refractivity contribution in [3.8, 4) is 0 Å². The Bertz CT molecular complexity index is 1160. The van der Waals surface area contributed by atoms with E-state index in [1.54, 1.807) is 0 Å². The first-order valence-corrected chi connectivity index (χ1v) is 11.1. The topological polar surface area (TPSA) is 15.3 Å². The smallest absolute Gasteiger partial charge is 0.0456 e. The molecule has 0 aliphatic heterocycles. The highest BCUT2D eigenvalue weighted by molar-refractivity contribution is 5.99. The van der Waals surface area contributed by atoms with Crippen LogP contribution in [0, 0.1) is 0 Å². The molecule has 160 valence electrons. The SMILES string of the molecule is CN(C)C1(c2ccccc2)CCC(Nc2ccc3cc4ccccc4cc3c2)CC1.Cl. The zero-order valence-corrected chi connectivity index (χ0v) is 19.2. The summed E-state index contributed by atoms with van der Waals surface area (Å²) < 4.78 is 0. The molecule has 0 amide bonds. The van der Waals surface area contributed by atoms with E-state index in [0.717, 1.165) is 0 Å². The molecule has 1 aliphatic rings. The Hall–Kier alpha value is -2.55. The molecule has 0 aromatic heterocycles. The lowest BCUT2D eigenvalue weighted by Crippen LogP contribution is -2.46. The summed E-state index contributed by atoms with van der Waals surface area (Å²) in [4.78, 5) is 2.43. The lowest BCUT2D eigenvalue weighted by Gasteiger charge is -2.46. The molecule has 0 saturated heterocycles. The molecule has 1 N–H and O–H groups in total. The Kier molecular flexibility index (Phi) is 6.22. The summed E-state index contributed by atoms with van der Waals surface area (Å²) in [6.07, 6.45) is 4.73. The molecule has 5 rings (SSSR count). The second kappa shape index (κ2) is 8.90. The van der Waals surface area contributed by atoms with E-state index in [-0.39, 0.29) is 17.9 Å². The molecule has 1 aliphatic carbocycles. The first-order valence-electron chi connectivity index (χ1n) is 11.1. The van der Waals surface area contributed by atoms with Crippen LogP contribution < -0.4 is 5.32 Å². The van der Waals surface area contributed by atoms with Crippen LogP contribution in [0.1, 0.15) is 31.2 Å². The van der Waals surface area contributed by atoms with Crippen LogP contribution in [0.25, 0.3) is 21.5 Å². The largest absolute Gasteiger partial charge is 0.382 e. The van der Waals surface area contributed by atoms with E-state index >= 15 is 0 Å². The molecule has 0 atom stereocenters. The third-order valence-corrected chi connectivity index (χ3v) is 7.06. The number of nitrogens with zero attached hydrogens (tertiary/aromatic N) is 1. The zero-order valence-electron chi connectivity index (χ0n) is 18.3. The molecule has 1 saturated carbocycles. The van der Waals surface area contributed by atoms with E-state index in [0.29, 0.717) is 6.04 Å².